The van der Waals surface area contributed by atoms with Gasteiger partial charge in [0.25, 0.3) is 0 Å². The molecule has 0 bridgehead atoms. The lowest BCUT2D eigenvalue weighted by molar-refractivity contribution is -0.0498. The molecule has 0 radical (unpaired) electrons. The van der Waals surface area contributed by atoms with Crippen molar-refractivity contribution in [2.24, 2.45) is 5.92 Å². The van der Waals surface area contributed by atoms with Crippen molar-refractivity contribution in [3.05, 3.63) is 29.8 Å². The Labute approximate surface area is 105 Å². The predicted octanol–water partition coefficient (Wildman–Crippen LogP) is 3.14. The summed E-state index contributed by atoms with van der Waals surface area (Å²) in [5.74, 6) is -0.326. The van der Waals surface area contributed by atoms with Gasteiger partial charge in [0.2, 0.25) is 0 Å². The molecule has 5 heteroatoms. The fourth-order valence-electron chi connectivity index (χ4n) is 1.54. The largest absolute Gasteiger partial charge is 0.435 e. The number of ether oxygens (including phenoxy) is 2. The third-order valence-corrected chi connectivity index (χ3v) is 2.55. The van der Waals surface area contributed by atoms with Crippen LogP contribution in [0.25, 0.3) is 0 Å². The second-order valence-corrected chi connectivity index (χ2v) is 3.95. The summed E-state index contributed by atoms with van der Waals surface area (Å²) in [4.78, 5) is 12.0. The van der Waals surface area contributed by atoms with Gasteiger partial charge >= 0.3 is 6.61 Å². The van der Waals surface area contributed by atoms with Crippen molar-refractivity contribution in [2.45, 2.75) is 20.0 Å². The van der Waals surface area contributed by atoms with E-state index in [9.17, 15) is 13.6 Å². The third kappa shape index (κ3) is 4.41. The summed E-state index contributed by atoms with van der Waals surface area (Å²) in [6.07, 6.45) is 0.593. The van der Waals surface area contributed by atoms with Crippen LogP contribution in [0.5, 0.6) is 5.75 Å². The van der Waals surface area contributed by atoms with Gasteiger partial charge in [-0.3, -0.25) is 4.79 Å². The molecule has 1 unspecified atom stereocenters. The first-order valence-corrected chi connectivity index (χ1v) is 5.62. The number of Topliss-reactive ketones (excluding diaryl/α,β-unsaturated/α-hetero) is 1. The van der Waals surface area contributed by atoms with Crippen LogP contribution in [-0.4, -0.2) is 26.1 Å². The quantitative estimate of drug-likeness (QED) is 0.705. The first-order valence-electron chi connectivity index (χ1n) is 5.62. The van der Waals surface area contributed by atoms with E-state index in [1.807, 2.05) is 0 Å². The van der Waals surface area contributed by atoms with Gasteiger partial charge in [0, 0.05) is 25.2 Å². The Morgan fingerprint density at radius 1 is 1.39 bits per heavy atom. The molecule has 0 aromatic heterocycles. The van der Waals surface area contributed by atoms with Gasteiger partial charge in [-0.2, -0.15) is 8.78 Å². The number of hydrogen-bond donors (Lipinski definition) is 0. The highest BCUT2D eigenvalue weighted by Gasteiger charge is 2.16. The molecule has 0 heterocycles. The van der Waals surface area contributed by atoms with Crippen molar-refractivity contribution >= 4 is 5.78 Å². The highest BCUT2D eigenvalue weighted by atomic mass is 19.3. The molecule has 0 N–H and O–H groups in total. The van der Waals surface area contributed by atoms with Crippen molar-refractivity contribution in [2.75, 3.05) is 13.7 Å². The van der Waals surface area contributed by atoms with E-state index in [-0.39, 0.29) is 17.5 Å². The number of carbonyl (C=O) groups is 1. The van der Waals surface area contributed by atoms with E-state index >= 15 is 0 Å². The molecule has 0 amide bonds. The molecule has 0 saturated carbocycles. The lowest BCUT2D eigenvalue weighted by atomic mass is 9.97. The van der Waals surface area contributed by atoms with Crippen LogP contribution >= 0.6 is 0 Å². The molecule has 0 saturated heterocycles. The predicted molar refractivity (Wildman–Crippen MR) is 63.1 cm³/mol. The van der Waals surface area contributed by atoms with Crippen molar-refractivity contribution in [1.29, 1.82) is 0 Å². The average Bonchev–Trinajstić information content (AvgIpc) is 2.34. The van der Waals surface area contributed by atoms with Gasteiger partial charge in [-0.15, -0.1) is 0 Å². The van der Waals surface area contributed by atoms with E-state index in [0.29, 0.717) is 18.6 Å². The summed E-state index contributed by atoms with van der Waals surface area (Å²) in [6, 6.07) is 5.83. The maximum atomic E-state index is 12.1. The van der Waals surface area contributed by atoms with E-state index in [1.165, 1.54) is 18.2 Å². The van der Waals surface area contributed by atoms with Gasteiger partial charge < -0.3 is 9.47 Å². The lowest BCUT2D eigenvalue weighted by Crippen LogP contribution is -2.13. The number of halogens is 2. The number of carbonyl (C=O) groups excluding carboxylic acids is 1. The first kappa shape index (κ1) is 14.6. The van der Waals surface area contributed by atoms with Gasteiger partial charge in [0.05, 0.1) is 0 Å². The summed E-state index contributed by atoms with van der Waals surface area (Å²) in [7, 11) is 1.56. The minimum absolute atomic E-state index is 0.00482. The Morgan fingerprint density at radius 2 is 2.11 bits per heavy atom. The molecule has 100 valence electrons. The van der Waals surface area contributed by atoms with E-state index in [0.717, 1.165) is 0 Å². The maximum Gasteiger partial charge on any atom is 0.387 e. The number of methoxy groups -OCH3 is 1. The van der Waals surface area contributed by atoms with E-state index < -0.39 is 6.61 Å². The smallest absolute Gasteiger partial charge is 0.387 e. The molecule has 1 atom stereocenters. The number of alkyl halides is 2. The summed E-state index contributed by atoms with van der Waals surface area (Å²) in [5, 5.41) is 0. The molecule has 0 fully saturated rings. The zero-order valence-corrected chi connectivity index (χ0v) is 10.4. The Bertz CT molecular complexity index is 394. The summed E-state index contributed by atoms with van der Waals surface area (Å²) < 4.78 is 33.3. The van der Waals surface area contributed by atoms with Crippen LogP contribution in [-0.2, 0) is 4.74 Å². The molecule has 3 nitrogen and oxygen atoms in total. The topological polar surface area (TPSA) is 35.5 Å². The number of rotatable bonds is 7. The van der Waals surface area contributed by atoms with Crippen molar-refractivity contribution < 1.29 is 23.0 Å². The van der Waals surface area contributed by atoms with Crippen LogP contribution < -0.4 is 4.74 Å². The fraction of sp³-hybridized carbons (Fsp3) is 0.462. The van der Waals surface area contributed by atoms with Crippen LogP contribution in [0.1, 0.15) is 23.7 Å². The minimum atomic E-state index is -2.89. The number of hydrogen-bond acceptors (Lipinski definition) is 3. The van der Waals surface area contributed by atoms with E-state index in [4.69, 9.17) is 4.74 Å². The average molecular weight is 258 g/mol. The Balaban J connectivity index is 2.73. The third-order valence-electron chi connectivity index (χ3n) is 2.55. The minimum Gasteiger partial charge on any atom is -0.435 e. The van der Waals surface area contributed by atoms with Crippen LogP contribution in [0.4, 0.5) is 8.78 Å². The number of ketones is 1. The molecular weight excluding hydrogens is 242 g/mol. The lowest BCUT2D eigenvalue weighted by Gasteiger charge is -2.11. The molecular formula is C13H16F2O3. The normalized spacial score (nSPS) is 12.5. The second-order valence-electron chi connectivity index (χ2n) is 3.95. The van der Waals surface area contributed by atoms with Gasteiger partial charge in [-0.25, -0.2) is 0 Å². The Morgan fingerprint density at radius 3 is 2.72 bits per heavy atom. The zero-order chi connectivity index (χ0) is 13.5. The standard InChI is InChI=1S/C13H16F2O3/c1-9(6-7-17-2)12(16)10-4-3-5-11(8-10)18-13(14)15/h3-5,8-9,13H,6-7H2,1-2H3. The first-order chi connectivity index (χ1) is 8.54. The van der Waals surface area contributed by atoms with Crippen LogP contribution in [0, 0.1) is 5.92 Å². The van der Waals surface area contributed by atoms with Gasteiger partial charge in [0.15, 0.2) is 5.78 Å². The molecule has 0 aliphatic carbocycles. The number of benzene rings is 1. The molecule has 0 spiro atoms. The zero-order valence-electron chi connectivity index (χ0n) is 10.4. The van der Waals surface area contributed by atoms with Gasteiger partial charge in [0.1, 0.15) is 5.75 Å². The second kappa shape index (κ2) is 7.06. The van der Waals surface area contributed by atoms with E-state index in [2.05, 4.69) is 4.74 Å². The summed E-state index contributed by atoms with van der Waals surface area (Å²) >= 11 is 0. The van der Waals surface area contributed by atoms with Crippen molar-refractivity contribution in [3.8, 4) is 5.75 Å². The van der Waals surface area contributed by atoms with E-state index in [1.54, 1.807) is 20.1 Å². The molecule has 18 heavy (non-hydrogen) atoms. The summed E-state index contributed by atoms with van der Waals surface area (Å²) in [6.45, 7) is -0.622. The highest BCUT2D eigenvalue weighted by molar-refractivity contribution is 5.97. The van der Waals surface area contributed by atoms with Crippen LogP contribution in [0.15, 0.2) is 24.3 Å². The molecule has 1 rings (SSSR count). The van der Waals surface area contributed by atoms with Crippen LogP contribution in [0.2, 0.25) is 0 Å². The molecule has 0 aliphatic heterocycles. The summed E-state index contributed by atoms with van der Waals surface area (Å²) in [5.41, 5.74) is 0.372. The van der Waals surface area contributed by atoms with Crippen molar-refractivity contribution in [1.82, 2.24) is 0 Å². The van der Waals surface area contributed by atoms with Crippen LogP contribution in [0.3, 0.4) is 0 Å². The fourth-order valence-corrected chi connectivity index (χ4v) is 1.54. The highest BCUT2D eigenvalue weighted by Crippen LogP contribution is 2.19. The molecule has 0 aliphatic rings. The van der Waals surface area contributed by atoms with Gasteiger partial charge in [-0.05, 0) is 18.6 Å². The molecule has 1 aromatic rings. The Kier molecular flexibility index (Phi) is 5.71. The monoisotopic (exact) mass is 258 g/mol. The SMILES string of the molecule is COCCC(C)C(=O)c1cccc(OC(F)F)c1. The van der Waals surface area contributed by atoms with Crippen molar-refractivity contribution in [3.63, 3.8) is 0 Å². The Hall–Kier alpha value is -1.49. The molecule has 1 aromatic carbocycles. The van der Waals surface area contributed by atoms with Gasteiger partial charge in [-0.1, -0.05) is 19.1 Å². The maximum absolute atomic E-state index is 12.1.